The van der Waals surface area contributed by atoms with Gasteiger partial charge in [0.1, 0.15) is 17.3 Å². The average molecular weight is 477 g/mol. The van der Waals surface area contributed by atoms with Gasteiger partial charge in [-0.2, -0.15) is 5.10 Å². The first-order chi connectivity index (χ1) is 16.7. The Labute approximate surface area is 198 Å². The van der Waals surface area contributed by atoms with Crippen molar-refractivity contribution in [3.63, 3.8) is 0 Å². The maximum absolute atomic E-state index is 14.2. The number of amides is 2. The molecule has 0 aliphatic rings. The Morgan fingerprint density at radius 3 is 2.20 bits per heavy atom. The average Bonchev–Trinajstić information content (AvgIpc) is 3.12. The van der Waals surface area contributed by atoms with Crippen LogP contribution in [0.1, 0.15) is 37.9 Å². The second-order valence-electron chi connectivity index (χ2n) is 7.87. The minimum atomic E-state index is -0.958. The fourth-order valence-corrected chi connectivity index (χ4v) is 3.79. The number of hydrogen-bond acceptors (Lipinski definition) is 4. The Morgan fingerprint density at radius 1 is 0.857 bits per heavy atom. The van der Waals surface area contributed by atoms with Crippen molar-refractivity contribution in [1.82, 2.24) is 25.2 Å². The SMILES string of the molecule is Cc1cc(=O)c(C(=O)NNC(=O)c2cc(C)n(-c3ccc(F)cc3)c2C)nn1-c1ccccc1F. The molecule has 2 N–H and O–H groups in total. The Morgan fingerprint density at radius 2 is 1.51 bits per heavy atom. The van der Waals surface area contributed by atoms with Crippen molar-refractivity contribution >= 4 is 11.8 Å². The van der Waals surface area contributed by atoms with E-state index in [4.69, 9.17) is 0 Å². The van der Waals surface area contributed by atoms with Crippen molar-refractivity contribution in [2.75, 3.05) is 0 Å². The lowest BCUT2D eigenvalue weighted by Crippen LogP contribution is -2.44. The number of rotatable bonds is 4. The molecule has 0 atom stereocenters. The molecule has 4 aromatic rings. The van der Waals surface area contributed by atoms with Crippen LogP contribution in [0.2, 0.25) is 0 Å². The molecule has 35 heavy (non-hydrogen) atoms. The van der Waals surface area contributed by atoms with Gasteiger partial charge in [0.05, 0.1) is 5.56 Å². The van der Waals surface area contributed by atoms with Crippen LogP contribution >= 0.6 is 0 Å². The number of aromatic nitrogens is 3. The summed E-state index contributed by atoms with van der Waals surface area (Å²) >= 11 is 0. The predicted molar refractivity (Wildman–Crippen MR) is 125 cm³/mol. The van der Waals surface area contributed by atoms with Crippen LogP contribution in [0.5, 0.6) is 0 Å². The first-order valence-electron chi connectivity index (χ1n) is 10.6. The lowest BCUT2D eigenvalue weighted by atomic mass is 10.2. The van der Waals surface area contributed by atoms with Crippen LogP contribution < -0.4 is 16.3 Å². The van der Waals surface area contributed by atoms with E-state index < -0.39 is 28.8 Å². The maximum Gasteiger partial charge on any atom is 0.294 e. The molecule has 0 bridgehead atoms. The zero-order valence-electron chi connectivity index (χ0n) is 19.1. The molecule has 2 aromatic carbocycles. The van der Waals surface area contributed by atoms with Gasteiger partial charge in [-0.3, -0.25) is 25.2 Å². The molecule has 2 heterocycles. The first-order valence-corrected chi connectivity index (χ1v) is 10.6. The van der Waals surface area contributed by atoms with Gasteiger partial charge in [-0.25, -0.2) is 13.5 Å². The van der Waals surface area contributed by atoms with E-state index in [0.717, 1.165) is 16.4 Å². The van der Waals surface area contributed by atoms with Crippen LogP contribution in [0.15, 0.2) is 65.5 Å². The highest BCUT2D eigenvalue weighted by Gasteiger charge is 2.20. The Hall–Kier alpha value is -4.60. The number of hydrazine groups is 1. The van der Waals surface area contributed by atoms with Gasteiger partial charge in [0.25, 0.3) is 11.8 Å². The summed E-state index contributed by atoms with van der Waals surface area (Å²) in [5, 5.41) is 4.00. The number of carbonyl (C=O) groups is 2. The summed E-state index contributed by atoms with van der Waals surface area (Å²) in [6, 6.07) is 14.4. The van der Waals surface area contributed by atoms with Crippen molar-refractivity contribution in [1.29, 1.82) is 0 Å². The van der Waals surface area contributed by atoms with Gasteiger partial charge < -0.3 is 4.57 Å². The number of nitrogens with zero attached hydrogens (tertiary/aromatic N) is 3. The molecule has 0 aliphatic heterocycles. The molecule has 0 unspecified atom stereocenters. The smallest absolute Gasteiger partial charge is 0.294 e. The second kappa shape index (κ2) is 9.34. The molecule has 0 fully saturated rings. The van der Waals surface area contributed by atoms with Gasteiger partial charge in [-0.15, -0.1) is 0 Å². The van der Waals surface area contributed by atoms with Crippen LogP contribution in [0.4, 0.5) is 8.78 Å². The normalized spacial score (nSPS) is 10.8. The van der Waals surface area contributed by atoms with E-state index >= 15 is 0 Å². The Balaban J connectivity index is 1.56. The molecule has 4 rings (SSSR count). The third-order valence-electron chi connectivity index (χ3n) is 5.45. The van der Waals surface area contributed by atoms with Gasteiger partial charge in [-0.05, 0) is 63.2 Å². The fraction of sp³-hybridized carbons (Fsp3) is 0.120. The highest BCUT2D eigenvalue weighted by Crippen LogP contribution is 2.21. The Kier molecular flexibility index (Phi) is 6.28. The minimum absolute atomic E-state index is 0.0660. The van der Waals surface area contributed by atoms with E-state index in [1.807, 2.05) is 0 Å². The lowest BCUT2D eigenvalue weighted by molar-refractivity contribution is 0.0842. The number of benzene rings is 2. The van der Waals surface area contributed by atoms with Gasteiger partial charge in [0, 0.05) is 28.8 Å². The van der Waals surface area contributed by atoms with Crippen molar-refractivity contribution < 1.29 is 18.4 Å². The number of aryl methyl sites for hydroxylation is 2. The standard InChI is InChI=1S/C25H21F2N5O3/c1-14-12-19(16(3)31(14)18-10-8-17(26)9-11-18)24(34)28-29-25(35)23-22(33)13-15(2)32(30-23)21-7-5-4-6-20(21)27/h4-13H,1-3H3,(H,28,34)(H,29,35). The summed E-state index contributed by atoms with van der Waals surface area (Å²) in [5.41, 5.74) is 5.88. The zero-order chi connectivity index (χ0) is 25.3. The van der Waals surface area contributed by atoms with Crippen molar-refractivity contribution in [2.24, 2.45) is 0 Å². The van der Waals surface area contributed by atoms with E-state index in [2.05, 4.69) is 16.0 Å². The molecular weight excluding hydrogens is 456 g/mol. The Bertz CT molecular complexity index is 1510. The molecule has 8 nitrogen and oxygen atoms in total. The van der Waals surface area contributed by atoms with E-state index in [1.165, 1.54) is 30.3 Å². The summed E-state index contributed by atoms with van der Waals surface area (Å²) in [5.74, 6) is -2.54. The topological polar surface area (TPSA) is 98.0 Å². The molecule has 0 aliphatic carbocycles. The van der Waals surface area contributed by atoms with Gasteiger partial charge >= 0.3 is 0 Å². The van der Waals surface area contributed by atoms with E-state index in [-0.39, 0.29) is 17.1 Å². The van der Waals surface area contributed by atoms with E-state index in [0.29, 0.717) is 17.1 Å². The zero-order valence-corrected chi connectivity index (χ0v) is 19.1. The number of carbonyl (C=O) groups excluding carboxylic acids is 2. The summed E-state index contributed by atoms with van der Waals surface area (Å²) < 4.78 is 30.4. The molecule has 2 amide bonds. The van der Waals surface area contributed by atoms with Crippen LogP contribution in [-0.2, 0) is 0 Å². The first kappa shape index (κ1) is 23.6. The van der Waals surface area contributed by atoms with Crippen LogP contribution in [-0.4, -0.2) is 26.2 Å². The van der Waals surface area contributed by atoms with Crippen molar-refractivity contribution in [3.8, 4) is 11.4 Å². The largest absolute Gasteiger partial charge is 0.318 e. The minimum Gasteiger partial charge on any atom is -0.318 e. The van der Waals surface area contributed by atoms with Crippen LogP contribution in [0, 0.1) is 32.4 Å². The van der Waals surface area contributed by atoms with E-state index in [1.54, 1.807) is 49.6 Å². The third-order valence-corrected chi connectivity index (χ3v) is 5.45. The van der Waals surface area contributed by atoms with E-state index in [9.17, 15) is 23.2 Å². The lowest BCUT2D eigenvalue weighted by Gasteiger charge is -2.12. The molecule has 0 radical (unpaired) electrons. The highest BCUT2D eigenvalue weighted by atomic mass is 19.1. The number of hydrogen-bond donors (Lipinski definition) is 2. The van der Waals surface area contributed by atoms with Gasteiger partial charge in [0.2, 0.25) is 5.43 Å². The molecule has 2 aromatic heterocycles. The number of nitrogens with one attached hydrogen (secondary N) is 2. The van der Waals surface area contributed by atoms with Gasteiger partial charge in [0.15, 0.2) is 5.69 Å². The highest BCUT2D eigenvalue weighted by molar-refractivity contribution is 5.99. The molecule has 0 saturated heterocycles. The summed E-state index contributed by atoms with van der Waals surface area (Å²) in [6.07, 6.45) is 0. The summed E-state index contributed by atoms with van der Waals surface area (Å²) in [6.45, 7) is 5.05. The molecule has 0 spiro atoms. The number of halogens is 2. The quantitative estimate of drug-likeness (QED) is 0.441. The van der Waals surface area contributed by atoms with Crippen LogP contribution in [0.3, 0.4) is 0 Å². The van der Waals surface area contributed by atoms with Gasteiger partial charge in [-0.1, -0.05) is 12.1 Å². The summed E-state index contributed by atoms with van der Waals surface area (Å²) in [7, 11) is 0. The molecular formula is C25H21F2N5O3. The second-order valence-corrected chi connectivity index (χ2v) is 7.87. The molecule has 178 valence electrons. The van der Waals surface area contributed by atoms with Crippen LogP contribution in [0.25, 0.3) is 11.4 Å². The fourth-order valence-electron chi connectivity index (χ4n) is 3.79. The third kappa shape index (κ3) is 4.58. The molecule has 10 heteroatoms. The summed E-state index contributed by atoms with van der Waals surface area (Å²) in [4.78, 5) is 37.8. The maximum atomic E-state index is 14.2. The monoisotopic (exact) mass is 477 g/mol. The number of para-hydroxylation sites is 1. The van der Waals surface area contributed by atoms with Crippen molar-refractivity contribution in [3.05, 3.63) is 111 Å². The molecule has 0 saturated carbocycles. The predicted octanol–water partition coefficient (Wildman–Crippen LogP) is 3.30. The van der Waals surface area contributed by atoms with Crippen molar-refractivity contribution in [2.45, 2.75) is 20.8 Å².